The Morgan fingerprint density at radius 1 is 1.38 bits per heavy atom. The molecule has 0 unspecified atom stereocenters. The van der Waals surface area contributed by atoms with Gasteiger partial charge in [-0.2, -0.15) is 0 Å². The first kappa shape index (κ1) is 17.5. The fraction of sp³-hybridized carbons (Fsp3) is 0.615. The van der Waals surface area contributed by atoms with Gasteiger partial charge in [-0.1, -0.05) is 0 Å². The Kier molecular flexibility index (Phi) is 5.06. The third-order valence-electron chi connectivity index (χ3n) is 3.61. The zero-order chi connectivity index (χ0) is 16.4. The maximum Gasteiger partial charge on any atom is 0.278 e. The van der Waals surface area contributed by atoms with Crippen molar-refractivity contribution < 1.29 is 13.3 Å². The molecule has 8 heteroatoms. The fourth-order valence-electron chi connectivity index (χ4n) is 1.84. The van der Waals surface area contributed by atoms with Crippen LogP contribution in [0.1, 0.15) is 30.7 Å². The molecule has 0 aliphatic heterocycles. The summed E-state index contributed by atoms with van der Waals surface area (Å²) in [6.45, 7) is 7.08. The minimum Gasteiger partial charge on any atom is -0.310 e. The fourth-order valence-corrected chi connectivity index (χ4v) is 2.20. The van der Waals surface area contributed by atoms with Crippen molar-refractivity contribution in [1.82, 2.24) is 10.3 Å². The molecule has 1 aromatic heterocycles. The summed E-state index contributed by atoms with van der Waals surface area (Å²) in [5, 5.41) is 14.0. The number of nitrogens with zero attached hydrogens (tertiary/aromatic N) is 2. The minimum atomic E-state index is -3.19. The first-order valence-electron chi connectivity index (χ1n) is 6.47. The average Bonchev–Trinajstić information content (AvgIpc) is 2.30. The van der Waals surface area contributed by atoms with Crippen LogP contribution in [0.3, 0.4) is 0 Å². The van der Waals surface area contributed by atoms with Gasteiger partial charge in [0.1, 0.15) is 0 Å². The number of nitro groups is 1. The van der Waals surface area contributed by atoms with Crippen LogP contribution in [0.5, 0.6) is 0 Å². The number of nitrogens with one attached hydrogen (secondary N) is 1. The summed E-state index contributed by atoms with van der Waals surface area (Å²) in [6, 6.07) is 0. The highest BCUT2D eigenvalue weighted by atomic mass is 32.2. The number of rotatable bonds is 6. The van der Waals surface area contributed by atoms with E-state index in [0.29, 0.717) is 16.8 Å². The molecule has 0 radical (unpaired) electrons. The molecule has 0 amide bonds. The van der Waals surface area contributed by atoms with E-state index in [2.05, 4.69) is 10.3 Å². The molecule has 0 saturated carbocycles. The highest BCUT2D eigenvalue weighted by Crippen LogP contribution is 2.24. The normalized spacial score (nSPS) is 12.4. The van der Waals surface area contributed by atoms with Crippen LogP contribution >= 0.6 is 0 Å². The summed E-state index contributed by atoms with van der Waals surface area (Å²) in [4.78, 5) is 14.8. The smallest absolute Gasteiger partial charge is 0.278 e. The molecule has 0 aromatic carbocycles. The van der Waals surface area contributed by atoms with E-state index in [4.69, 9.17) is 0 Å². The zero-order valence-corrected chi connectivity index (χ0v) is 13.7. The quantitative estimate of drug-likeness (QED) is 0.630. The number of aromatic nitrogens is 1. The van der Waals surface area contributed by atoms with Crippen LogP contribution in [-0.2, 0) is 16.4 Å². The number of hydrogen-bond acceptors (Lipinski definition) is 6. The molecular formula is C13H21N3O4S. The first-order valence-corrected chi connectivity index (χ1v) is 8.36. The van der Waals surface area contributed by atoms with Gasteiger partial charge in [-0.15, -0.1) is 0 Å². The molecule has 0 aliphatic rings. The second-order valence-corrected chi connectivity index (χ2v) is 8.40. The minimum absolute atomic E-state index is 0.0594. The van der Waals surface area contributed by atoms with Crippen molar-refractivity contribution >= 4 is 15.5 Å². The molecule has 1 rings (SSSR count). The van der Waals surface area contributed by atoms with Crippen molar-refractivity contribution in [3.8, 4) is 0 Å². The molecule has 0 aliphatic carbocycles. The highest BCUT2D eigenvalue weighted by Gasteiger charge is 2.29. The average molecular weight is 315 g/mol. The van der Waals surface area contributed by atoms with Crippen molar-refractivity contribution in [3.63, 3.8) is 0 Å². The summed E-state index contributed by atoms with van der Waals surface area (Å²) in [5.41, 5.74) is 1.63. The first-order chi connectivity index (χ1) is 9.47. The van der Waals surface area contributed by atoms with Crippen LogP contribution < -0.4 is 5.32 Å². The predicted octanol–water partition coefficient (Wildman–Crippen LogP) is 1.52. The van der Waals surface area contributed by atoms with Gasteiger partial charge < -0.3 is 5.32 Å². The van der Waals surface area contributed by atoms with Gasteiger partial charge in [0.05, 0.1) is 15.4 Å². The number of sulfone groups is 1. The summed E-state index contributed by atoms with van der Waals surface area (Å²) in [5.74, 6) is 0. The van der Waals surface area contributed by atoms with E-state index in [1.165, 1.54) is 12.5 Å². The Hall–Kier alpha value is -1.54. The number of pyridine rings is 1. The van der Waals surface area contributed by atoms with Gasteiger partial charge in [0.15, 0.2) is 9.84 Å². The van der Waals surface area contributed by atoms with Crippen LogP contribution in [0.2, 0.25) is 0 Å². The molecule has 1 N–H and O–H groups in total. The van der Waals surface area contributed by atoms with Crippen molar-refractivity contribution in [3.05, 3.63) is 33.1 Å². The second kappa shape index (κ2) is 6.07. The summed E-state index contributed by atoms with van der Waals surface area (Å²) < 4.78 is 22.3. The second-order valence-electron chi connectivity index (χ2n) is 5.75. The summed E-state index contributed by atoms with van der Waals surface area (Å²) >= 11 is 0. The van der Waals surface area contributed by atoms with E-state index < -0.39 is 19.5 Å². The lowest BCUT2D eigenvalue weighted by Crippen LogP contribution is -2.41. The van der Waals surface area contributed by atoms with Crippen molar-refractivity contribution in [1.29, 1.82) is 0 Å². The Morgan fingerprint density at radius 3 is 2.43 bits per heavy atom. The van der Waals surface area contributed by atoms with Crippen LogP contribution in [0.15, 0.2) is 6.20 Å². The van der Waals surface area contributed by atoms with Crippen molar-refractivity contribution in [2.75, 3.05) is 12.8 Å². The van der Waals surface area contributed by atoms with Crippen molar-refractivity contribution in [2.45, 2.75) is 39.0 Å². The largest absolute Gasteiger partial charge is 0.310 e. The van der Waals surface area contributed by atoms with Gasteiger partial charge in [-0.3, -0.25) is 15.1 Å². The zero-order valence-electron chi connectivity index (χ0n) is 12.9. The van der Waals surface area contributed by atoms with Crippen LogP contribution in [0, 0.1) is 24.0 Å². The molecule has 0 spiro atoms. The SMILES string of the molecule is Cc1cnc(CNCC(C)(C)S(C)(=O)=O)c(C)c1[N+](=O)[O-]. The molecule has 0 atom stereocenters. The van der Waals surface area contributed by atoms with E-state index in [0.717, 1.165) is 0 Å². The van der Waals surface area contributed by atoms with Gasteiger partial charge in [-0.25, -0.2) is 8.42 Å². The molecular weight excluding hydrogens is 294 g/mol. The molecule has 0 bridgehead atoms. The van der Waals surface area contributed by atoms with Gasteiger partial charge in [-0.05, 0) is 27.7 Å². The van der Waals surface area contributed by atoms with E-state index in [9.17, 15) is 18.5 Å². The lowest BCUT2D eigenvalue weighted by Gasteiger charge is -2.23. The topological polar surface area (TPSA) is 102 Å². The third-order valence-corrected chi connectivity index (χ3v) is 5.76. The lowest BCUT2D eigenvalue weighted by molar-refractivity contribution is -0.386. The standard InChI is InChI=1S/C13H21N3O4S/c1-9-6-15-11(10(2)12(9)16(17)18)7-14-8-13(3,4)21(5,19)20/h6,14H,7-8H2,1-5H3. The maximum atomic E-state index is 11.6. The monoisotopic (exact) mass is 315 g/mol. The van der Waals surface area contributed by atoms with Gasteiger partial charge in [0.2, 0.25) is 0 Å². The molecule has 1 heterocycles. The predicted molar refractivity (Wildman–Crippen MR) is 81.0 cm³/mol. The molecule has 7 nitrogen and oxygen atoms in total. The van der Waals surface area contributed by atoms with Crippen LogP contribution in [-0.4, -0.2) is 35.9 Å². The number of hydrogen-bond donors (Lipinski definition) is 1. The Balaban J connectivity index is 2.87. The van der Waals surface area contributed by atoms with E-state index in [1.807, 2.05) is 0 Å². The molecule has 21 heavy (non-hydrogen) atoms. The highest BCUT2D eigenvalue weighted by molar-refractivity contribution is 7.92. The van der Waals surface area contributed by atoms with E-state index in [-0.39, 0.29) is 18.8 Å². The van der Waals surface area contributed by atoms with Gasteiger partial charge >= 0.3 is 0 Å². The van der Waals surface area contributed by atoms with Crippen LogP contribution in [0.4, 0.5) is 5.69 Å². The van der Waals surface area contributed by atoms with E-state index in [1.54, 1.807) is 27.7 Å². The molecule has 0 saturated heterocycles. The summed E-state index contributed by atoms with van der Waals surface area (Å²) in [6.07, 6.45) is 2.65. The molecule has 1 aromatic rings. The lowest BCUT2D eigenvalue weighted by atomic mass is 10.1. The maximum absolute atomic E-state index is 11.6. The van der Waals surface area contributed by atoms with Crippen molar-refractivity contribution in [2.24, 2.45) is 0 Å². The Morgan fingerprint density at radius 2 is 1.95 bits per heavy atom. The molecule has 0 fully saturated rings. The number of aryl methyl sites for hydroxylation is 1. The Bertz CT molecular complexity index is 654. The third kappa shape index (κ3) is 3.98. The Labute approximate surface area is 124 Å². The van der Waals surface area contributed by atoms with Gasteiger partial charge in [0.25, 0.3) is 5.69 Å². The molecule has 118 valence electrons. The van der Waals surface area contributed by atoms with Crippen LogP contribution in [0.25, 0.3) is 0 Å². The van der Waals surface area contributed by atoms with Gasteiger partial charge in [0, 0.05) is 36.7 Å². The summed E-state index contributed by atoms with van der Waals surface area (Å²) in [7, 11) is -3.19. The van der Waals surface area contributed by atoms with E-state index >= 15 is 0 Å².